The van der Waals surface area contributed by atoms with Gasteiger partial charge in [-0.1, -0.05) is 42.0 Å². The van der Waals surface area contributed by atoms with Crippen LogP contribution >= 0.6 is 0 Å². The fourth-order valence-corrected chi connectivity index (χ4v) is 2.91. The molecule has 1 amide bonds. The second-order valence-corrected chi connectivity index (χ2v) is 6.02. The molecule has 0 fully saturated rings. The molecule has 1 N–H and O–H groups in total. The first-order chi connectivity index (χ1) is 12.1. The van der Waals surface area contributed by atoms with Crippen molar-refractivity contribution in [3.05, 3.63) is 59.7 Å². The van der Waals surface area contributed by atoms with Gasteiger partial charge in [-0.2, -0.15) is 0 Å². The van der Waals surface area contributed by atoms with Crippen molar-refractivity contribution in [2.24, 2.45) is 10.2 Å². The molecule has 0 radical (unpaired) electrons. The molecule has 0 unspecified atom stereocenters. The Morgan fingerprint density at radius 1 is 1.16 bits per heavy atom. The average molecular weight is 335 g/mol. The van der Waals surface area contributed by atoms with Gasteiger partial charge in [0.15, 0.2) is 5.69 Å². The van der Waals surface area contributed by atoms with E-state index in [2.05, 4.69) is 10.2 Å². The standard InChI is InChI=1S/C20H21N3O2/c1-3-23-17-11-9-14(2)13-16(17)19(20(23)25)22-21-18(24)12-10-15-7-5-4-6-8-15/h4-9,11,13,25H,3,10,12H2,1-2H3. The lowest BCUT2D eigenvalue weighted by molar-refractivity contribution is -0.118. The highest BCUT2D eigenvalue weighted by Crippen LogP contribution is 2.39. The third-order valence-corrected chi connectivity index (χ3v) is 4.21. The molecule has 25 heavy (non-hydrogen) atoms. The van der Waals surface area contributed by atoms with E-state index in [4.69, 9.17) is 0 Å². The molecule has 1 heterocycles. The molecule has 3 rings (SSSR count). The summed E-state index contributed by atoms with van der Waals surface area (Å²) in [6, 6.07) is 15.7. The van der Waals surface area contributed by atoms with Gasteiger partial charge in [0, 0.05) is 18.4 Å². The van der Waals surface area contributed by atoms with Crippen LogP contribution in [0.25, 0.3) is 10.9 Å². The van der Waals surface area contributed by atoms with E-state index in [0.29, 0.717) is 25.1 Å². The predicted octanol–water partition coefficient (Wildman–Crippen LogP) is 4.92. The second kappa shape index (κ2) is 7.30. The van der Waals surface area contributed by atoms with Crippen molar-refractivity contribution in [2.75, 3.05) is 0 Å². The zero-order chi connectivity index (χ0) is 17.8. The summed E-state index contributed by atoms with van der Waals surface area (Å²) in [6.07, 6.45) is 0.917. The summed E-state index contributed by atoms with van der Waals surface area (Å²) in [5, 5.41) is 19.1. The van der Waals surface area contributed by atoms with Crippen molar-refractivity contribution in [3.63, 3.8) is 0 Å². The largest absolute Gasteiger partial charge is 0.493 e. The highest BCUT2D eigenvalue weighted by Gasteiger charge is 2.16. The number of aromatic hydroxyl groups is 1. The maximum Gasteiger partial charge on any atom is 0.265 e. The van der Waals surface area contributed by atoms with Gasteiger partial charge in [0.1, 0.15) is 0 Å². The number of aryl methyl sites for hydroxylation is 3. The SMILES string of the molecule is CCn1c(O)c(N=NC(=O)CCc2ccccc2)c2cc(C)ccc21. The van der Waals surface area contributed by atoms with Crippen LogP contribution in [0.2, 0.25) is 0 Å². The molecule has 0 saturated heterocycles. The van der Waals surface area contributed by atoms with Gasteiger partial charge in [-0.05, 0) is 38.0 Å². The van der Waals surface area contributed by atoms with Crippen molar-refractivity contribution in [2.45, 2.75) is 33.2 Å². The van der Waals surface area contributed by atoms with Crippen LogP contribution in [0.4, 0.5) is 5.69 Å². The van der Waals surface area contributed by atoms with E-state index in [1.807, 2.05) is 62.4 Å². The van der Waals surface area contributed by atoms with E-state index in [0.717, 1.165) is 22.0 Å². The summed E-state index contributed by atoms with van der Waals surface area (Å²) in [5.41, 5.74) is 3.39. The normalized spacial score (nSPS) is 11.4. The highest BCUT2D eigenvalue weighted by molar-refractivity contribution is 5.95. The van der Waals surface area contributed by atoms with E-state index in [1.54, 1.807) is 4.57 Å². The third-order valence-electron chi connectivity index (χ3n) is 4.21. The molecule has 0 aliphatic rings. The summed E-state index contributed by atoms with van der Waals surface area (Å²) < 4.78 is 1.76. The molecule has 3 aromatic rings. The van der Waals surface area contributed by atoms with Crippen LogP contribution in [-0.2, 0) is 17.8 Å². The Labute approximate surface area is 146 Å². The van der Waals surface area contributed by atoms with Crippen LogP contribution < -0.4 is 0 Å². The zero-order valence-corrected chi connectivity index (χ0v) is 14.4. The Morgan fingerprint density at radius 3 is 2.64 bits per heavy atom. The van der Waals surface area contributed by atoms with Gasteiger partial charge < -0.3 is 9.67 Å². The second-order valence-electron chi connectivity index (χ2n) is 6.02. The minimum Gasteiger partial charge on any atom is -0.493 e. The number of fused-ring (bicyclic) bond motifs is 1. The van der Waals surface area contributed by atoms with Gasteiger partial charge in [-0.25, -0.2) is 0 Å². The lowest BCUT2D eigenvalue weighted by Gasteiger charge is -2.01. The number of hydrogen-bond donors (Lipinski definition) is 1. The Kier molecular flexibility index (Phi) is 4.93. The summed E-state index contributed by atoms with van der Waals surface area (Å²) in [5.74, 6) is -0.254. The van der Waals surface area contributed by atoms with Crippen LogP contribution in [0.5, 0.6) is 5.88 Å². The Hall–Kier alpha value is -2.95. The molecule has 0 spiro atoms. The van der Waals surface area contributed by atoms with Crippen LogP contribution in [0.15, 0.2) is 58.8 Å². The first-order valence-corrected chi connectivity index (χ1v) is 8.40. The first kappa shape index (κ1) is 16.9. The van der Waals surface area contributed by atoms with Crippen LogP contribution in [0, 0.1) is 6.92 Å². The van der Waals surface area contributed by atoms with Crippen LogP contribution in [-0.4, -0.2) is 15.6 Å². The molecule has 0 aliphatic carbocycles. The van der Waals surface area contributed by atoms with Crippen LogP contribution in [0.3, 0.4) is 0 Å². The quantitative estimate of drug-likeness (QED) is 0.673. The highest BCUT2D eigenvalue weighted by atomic mass is 16.3. The Bertz CT molecular complexity index is 927. The molecule has 0 bridgehead atoms. The van der Waals surface area contributed by atoms with Crippen molar-refractivity contribution < 1.29 is 9.90 Å². The minimum absolute atomic E-state index is 0.0442. The number of rotatable bonds is 5. The lowest BCUT2D eigenvalue weighted by Crippen LogP contribution is -1.95. The van der Waals surface area contributed by atoms with Gasteiger partial charge in [0.2, 0.25) is 5.88 Å². The van der Waals surface area contributed by atoms with Gasteiger partial charge in [0.05, 0.1) is 5.52 Å². The molecule has 5 nitrogen and oxygen atoms in total. The average Bonchev–Trinajstić information content (AvgIpc) is 2.89. The fraction of sp³-hybridized carbons (Fsp3) is 0.250. The van der Waals surface area contributed by atoms with E-state index < -0.39 is 0 Å². The summed E-state index contributed by atoms with van der Waals surface area (Å²) in [7, 11) is 0. The van der Waals surface area contributed by atoms with Gasteiger partial charge >= 0.3 is 0 Å². The number of amides is 1. The number of aromatic nitrogens is 1. The number of carbonyl (C=O) groups is 1. The van der Waals surface area contributed by atoms with E-state index in [-0.39, 0.29) is 11.8 Å². The molecule has 5 heteroatoms. The summed E-state index contributed by atoms with van der Waals surface area (Å²) in [4.78, 5) is 12.0. The summed E-state index contributed by atoms with van der Waals surface area (Å²) >= 11 is 0. The number of hydrogen-bond acceptors (Lipinski definition) is 3. The van der Waals surface area contributed by atoms with Crippen molar-refractivity contribution in [1.29, 1.82) is 0 Å². The number of nitrogens with zero attached hydrogens (tertiary/aromatic N) is 3. The van der Waals surface area contributed by atoms with Gasteiger partial charge in [-0.3, -0.25) is 4.79 Å². The van der Waals surface area contributed by atoms with Crippen LogP contribution in [0.1, 0.15) is 24.5 Å². The number of azo groups is 1. The van der Waals surface area contributed by atoms with E-state index in [1.165, 1.54) is 0 Å². The fourth-order valence-electron chi connectivity index (χ4n) is 2.91. The lowest BCUT2D eigenvalue weighted by atomic mass is 10.1. The maximum atomic E-state index is 12.0. The van der Waals surface area contributed by atoms with Crippen molar-refractivity contribution in [3.8, 4) is 5.88 Å². The molecule has 1 aromatic heterocycles. The van der Waals surface area contributed by atoms with Gasteiger partial charge in [0.25, 0.3) is 5.91 Å². The smallest absolute Gasteiger partial charge is 0.265 e. The van der Waals surface area contributed by atoms with E-state index in [9.17, 15) is 9.90 Å². The third kappa shape index (κ3) is 3.60. The molecule has 128 valence electrons. The summed E-state index contributed by atoms with van der Waals surface area (Å²) in [6.45, 7) is 4.54. The van der Waals surface area contributed by atoms with Crippen molar-refractivity contribution in [1.82, 2.24) is 4.57 Å². The predicted molar refractivity (Wildman–Crippen MR) is 98.3 cm³/mol. The molecule has 0 saturated carbocycles. The number of carbonyl (C=O) groups excluding carboxylic acids is 1. The topological polar surface area (TPSA) is 66.9 Å². The zero-order valence-electron chi connectivity index (χ0n) is 14.4. The molecular weight excluding hydrogens is 314 g/mol. The minimum atomic E-state index is -0.298. The van der Waals surface area contributed by atoms with Crippen molar-refractivity contribution >= 4 is 22.5 Å². The first-order valence-electron chi connectivity index (χ1n) is 8.40. The maximum absolute atomic E-state index is 12.0. The Morgan fingerprint density at radius 2 is 1.92 bits per heavy atom. The molecular formula is C20H21N3O2. The number of benzene rings is 2. The Balaban J connectivity index is 1.82. The molecule has 0 atom stereocenters. The molecule has 2 aromatic carbocycles. The monoisotopic (exact) mass is 335 g/mol. The molecule has 0 aliphatic heterocycles. The van der Waals surface area contributed by atoms with E-state index >= 15 is 0 Å². The van der Waals surface area contributed by atoms with Gasteiger partial charge in [-0.15, -0.1) is 10.2 Å².